The van der Waals surface area contributed by atoms with Crippen LogP contribution in [0.4, 0.5) is 8.78 Å². The fraction of sp³-hybridized carbons (Fsp3) is 0. The van der Waals surface area contributed by atoms with Gasteiger partial charge in [-0.05, 0) is 36.4 Å². The van der Waals surface area contributed by atoms with E-state index in [1.165, 1.54) is 18.2 Å². The highest BCUT2D eigenvalue weighted by molar-refractivity contribution is 6.35. The van der Waals surface area contributed by atoms with E-state index < -0.39 is 5.82 Å². The Hall–Kier alpha value is -2.00. The van der Waals surface area contributed by atoms with Crippen molar-refractivity contribution in [2.75, 3.05) is 0 Å². The first-order chi connectivity index (χ1) is 9.15. The molecule has 0 aliphatic rings. The first-order valence-corrected chi connectivity index (χ1v) is 6.03. The summed E-state index contributed by atoms with van der Waals surface area (Å²) < 4.78 is 26.6. The number of rotatable bonds is 1. The summed E-state index contributed by atoms with van der Waals surface area (Å²) in [6.45, 7) is 0. The number of hydrogen-bond acceptors (Lipinski definition) is 1. The molecule has 0 N–H and O–H groups in total. The van der Waals surface area contributed by atoms with Crippen LogP contribution in [0.3, 0.4) is 0 Å². The molecule has 2 aromatic carbocycles. The van der Waals surface area contributed by atoms with Gasteiger partial charge in [-0.3, -0.25) is 0 Å². The summed E-state index contributed by atoms with van der Waals surface area (Å²) in [6, 6.07) is 12.1. The van der Waals surface area contributed by atoms with Gasteiger partial charge in [0.05, 0.1) is 10.7 Å². The van der Waals surface area contributed by atoms with Gasteiger partial charge < -0.3 is 0 Å². The van der Waals surface area contributed by atoms with E-state index in [0.717, 1.165) is 0 Å². The molecule has 0 atom stereocenters. The Bertz CT molecular complexity index is 754. The molecule has 1 heterocycles. The van der Waals surface area contributed by atoms with Crippen molar-refractivity contribution in [2.45, 2.75) is 0 Å². The van der Waals surface area contributed by atoms with Crippen LogP contribution in [0.1, 0.15) is 0 Å². The molecule has 3 aromatic rings. The molecule has 1 nitrogen and oxygen atoms in total. The first kappa shape index (κ1) is 12.1. The molecule has 19 heavy (non-hydrogen) atoms. The number of pyridine rings is 1. The lowest BCUT2D eigenvalue weighted by Crippen LogP contribution is -1.90. The summed E-state index contributed by atoms with van der Waals surface area (Å²) in [6.07, 6.45) is 0. The average molecular weight is 276 g/mol. The average Bonchev–Trinajstić information content (AvgIpc) is 2.41. The summed E-state index contributed by atoms with van der Waals surface area (Å²) >= 11 is 6.13. The molecular weight excluding hydrogens is 268 g/mol. The van der Waals surface area contributed by atoms with Crippen LogP contribution in [0.5, 0.6) is 0 Å². The lowest BCUT2D eigenvalue weighted by molar-refractivity contribution is 0.628. The Labute approximate surface area is 113 Å². The zero-order valence-corrected chi connectivity index (χ0v) is 10.5. The predicted octanol–water partition coefficient (Wildman–Crippen LogP) is 4.83. The van der Waals surface area contributed by atoms with Crippen LogP contribution in [-0.2, 0) is 0 Å². The smallest absolute Gasteiger partial charge is 0.149 e. The van der Waals surface area contributed by atoms with Gasteiger partial charge in [-0.25, -0.2) is 13.8 Å². The Morgan fingerprint density at radius 1 is 0.947 bits per heavy atom. The topological polar surface area (TPSA) is 12.9 Å². The van der Waals surface area contributed by atoms with E-state index in [0.29, 0.717) is 21.7 Å². The minimum atomic E-state index is -0.427. The molecule has 0 saturated carbocycles. The van der Waals surface area contributed by atoms with Crippen molar-refractivity contribution >= 4 is 22.5 Å². The fourth-order valence-corrected chi connectivity index (χ4v) is 2.20. The molecule has 0 spiro atoms. The van der Waals surface area contributed by atoms with Crippen molar-refractivity contribution in [3.05, 3.63) is 65.2 Å². The SMILES string of the molecule is Fc1ccc(-c2cc(Cl)c3cccc(F)c3n2)cc1. The van der Waals surface area contributed by atoms with Crippen LogP contribution in [0.25, 0.3) is 22.2 Å². The second kappa shape index (κ2) is 4.59. The summed E-state index contributed by atoms with van der Waals surface area (Å²) in [5.74, 6) is -0.759. The Balaban J connectivity index is 2.25. The lowest BCUT2D eigenvalue weighted by Gasteiger charge is -2.06. The molecule has 0 bridgehead atoms. The predicted molar refractivity (Wildman–Crippen MR) is 72.1 cm³/mol. The standard InChI is InChI=1S/C15H8ClF2N/c16-12-8-14(9-4-6-10(17)7-5-9)19-15-11(12)2-1-3-13(15)18/h1-8H. The van der Waals surface area contributed by atoms with Crippen LogP contribution < -0.4 is 0 Å². The molecule has 0 fully saturated rings. The van der Waals surface area contributed by atoms with Gasteiger partial charge in [-0.1, -0.05) is 23.7 Å². The molecule has 0 aliphatic carbocycles. The maximum atomic E-state index is 13.7. The van der Waals surface area contributed by atoms with Gasteiger partial charge in [-0.15, -0.1) is 0 Å². The number of aromatic nitrogens is 1. The van der Waals surface area contributed by atoms with E-state index >= 15 is 0 Å². The van der Waals surface area contributed by atoms with E-state index in [1.54, 1.807) is 30.3 Å². The third kappa shape index (κ3) is 2.17. The molecule has 0 radical (unpaired) electrons. The van der Waals surface area contributed by atoms with E-state index in [9.17, 15) is 8.78 Å². The van der Waals surface area contributed by atoms with Crippen molar-refractivity contribution in [2.24, 2.45) is 0 Å². The summed E-state index contributed by atoms with van der Waals surface area (Å²) in [5.41, 5.74) is 1.42. The van der Waals surface area contributed by atoms with Gasteiger partial charge in [0, 0.05) is 10.9 Å². The van der Waals surface area contributed by atoms with Crippen molar-refractivity contribution in [3.8, 4) is 11.3 Å². The molecule has 0 unspecified atom stereocenters. The van der Waals surface area contributed by atoms with Gasteiger partial charge in [0.15, 0.2) is 0 Å². The molecule has 0 saturated heterocycles. The van der Waals surface area contributed by atoms with Crippen LogP contribution in [0.15, 0.2) is 48.5 Å². The largest absolute Gasteiger partial charge is 0.245 e. The summed E-state index contributed by atoms with van der Waals surface area (Å²) in [7, 11) is 0. The number of hydrogen-bond donors (Lipinski definition) is 0. The Morgan fingerprint density at radius 3 is 2.42 bits per heavy atom. The maximum Gasteiger partial charge on any atom is 0.149 e. The minimum absolute atomic E-state index is 0.217. The number of benzene rings is 2. The van der Waals surface area contributed by atoms with E-state index in [4.69, 9.17) is 11.6 Å². The second-order valence-corrected chi connectivity index (χ2v) is 4.54. The molecule has 0 aliphatic heterocycles. The van der Waals surface area contributed by atoms with Gasteiger partial charge in [0.25, 0.3) is 0 Å². The van der Waals surface area contributed by atoms with E-state index in [2.05, 4.69) is 4.98 Å². The highest BCUT2D eigenvalue weighted by Gasteiger charge is 2.09. The lowest BCUT2D eigenvalue weighted by atomic mass is 10.1. The van der Waals surface area contributed by atoms with Crippen molar-refractivity contribution in [3.63, 3.8) is 0 Å². The molecular formula is C15H8ClF2N. The Morgan fingerprint density at radius 2 is 1.68 bits per heavy atom. The van der Waals surface area contributed by atoms with Gasteiger partial charge in [-0.2, -0.15) is 0 Å². The quantitative estimate of drug-likeness (QED) is 0.620. The molecule has 0 amide bonds. The zero-order chi connectivity index (χ0) is 13.4. The number of para-hydroxylation sites is 1. The summed E-state index contributed by atoms with van der Waals surface area (Å²) in [4.78, 5) is 4.25. The van der Waals surface area contributed by atoms with Gasteiger partial charge in [0.1, 0.15) is 17.2 Å². The number of halogens is 3. The highest BCUT2D eigenvalue weighted by Crippen LogP contribution is 2.29. The third-order valence-corrected chi connectivity index (χ3v) is 3.19. The van der Waals surface area contributed by atoms with Crippen molar-refractivity contribution in [1.29, 1.82) is 0 Å². The van der Waals surface area contributed by atoms with Crippen molar-refractivity contribution < 1.29 is 8.78 Å². The van der Waals surface area contributed by atoms with Gasteiger partial charge >= 0.3 is 0 Å². The maximum absolute atomic E-state index is 13.7. The van der Waals surface area contributed by atoms with E-state index in [-0.39, 0.29) is 11.3 Å². The van der Waals surface area contributed by atoms with Gasteiger partial charge in [0.2, 0.25) is 0 Å². The molecule has 4 heteroatoms. The van der Waals surface area contributed by atoms with E-state index in [1.807, 2.05) is 0 Å². The van der Waals surface area contributed by atoms with Crippen LogP contribution in [-0.4, -0.2) is 4.98 Å². The van der Waals surface area contributed by atoms with Crippen LogP contribution in [0, 0.1) is 11.6 Å². The first-order valence-electron chi connectivity index (χ1n) is 5.66. The molecule has 3 rings (SSSR count). The number of fused-ring (bicyclic) bond motifs is 1. The fourth-order valence-electron chi connectivity index (χ4n) is 1.94. The molecule has 1 aromatic heterocycles. The second-order valence-electron chi connectivity index (χ2n) is 4.13. The van der Waals surface area contributed by atoms with Crippen molar-refractivity contribution in [1.82, 2.24) is 4.98 Å². The minimum Gasteiger partial charge on any atom is -0.245 e. The normalized spacial score (nSPS) is 10.9. The van der Waals surface area contributed by atoms with Crippen LogP contribution in [0.2, 0.25) is 5.02 Å². The van der Waals surface area contributed by atoms with Crippen LogP contribution >= 0.6 is 11.6 Å². The highest BCUT2D eigenvalue weighted by atomic mass is 35.5. The number of nitrogens with zero attached hydrogens (tertiary/aromatic N) is 1. The summed E-state index contributed by atoms with van der Waals surface area (Å²) in [5, 5.41) is 0.983. The molecule has 94 valence electrons. The Kier molecular flexibility index (Phi) is 2.91. The zero-order valence-electron chi connectivity index (χ0n) is 9.70. The monoisotopic (exact) mass is 275 g/mol. The third-order valence-electron chi connectivity index (χ3n) is 2.88.